The summed E-state index contributed by atoms with van der Waals surface area (Å²) in [6.45, 7) is 4.35. The average Bonchev–Trinajstić information content (AvgIpc) is 2.63. The van der Waals surface area contributed by atoms with E-state index in [2.05, 4.69) is 13.0 Å². The lowest BCUT2D eigenvalue weighted by atomic mass is 9.68. The van der Waals surface area contributed by atoms with Crippen molar-refractivity contribution >= 4 is 0 Å². The highest BCUT2D eigenvalue weighted by Gasteiger charge is 2.31. The summed E-state index contributed by atoms with van der Waals surface area (Å²) in [5.74, 6) is 3.55. The van der Waals surface area contributed by atoms with Crippen molar-refractivity contribution in [3.63, 3.8) is 0 Å². The molecule has 0 amide bonds. The number of hydrogen-bond acceptors (Lipinski definition) is 0. The minimum atomic E-state index is 0.00590. The van der Waals surface area contributed by atoms with E-state index < -0.39 is 0 Å². The predicted molar refractivity (Wildman–Crippen MR) is 101 cm³/mol. The van der Waals surface area contributed by atoms with Crippen molar-refractivity contribution in [1.82, 2.24) is 0 Å². The number of benzene rings is 1. The van der Waals surface area contributed by atoms with Gasteiger partial charge in [-0.1, -0.05) is 51.7 Å². The smallest absolute Gasteiger partial charge is 0.126 e. The van der Waals surface area contributed by atoms with Crippen molar-refractivity contribution in [2.24, 2.45) is 17.8 Å². The van der Waals surface area contributed by atoms with Gasteiger partial charge in [0.1, 0.15) is 5.82 Å². The van der Waals surface area contributed by atoms with E-state index >= 15 is 0 Å². The van der Waals surface area contributed by atoms with Crippen LogP contribution in [0.5, 0.6) is 0 Å². The van der Waals surface area contributed by atoms with Crippen LogP contribution in [0.2, 0.25) is 0 Å². The van der Waals surface area contributed by atoms with Gasteiger partial charge in [0.05, 0.1) is 0 Å². The third-order valence-corrected chi connectivity index (χ3v) is 6.96. The minimum absolute atomic E-state index is 0.00590. The summed E-state index contributed by atoms with van der Waals surface area (Å²) in [4.78, 5) is 0. The highest BCUT2D eigenvalue weighted by atomic mass is 19.1. The second kappa shape index (κ2) is 8.50. The van der Waals surface area contributed by atoms with E-state index in [0.29, 0.717) is 5.92 Å². The Morgan fingerprint density at radius 3 is 2.04 bits per heavy atom. The van der Waals surface area contributed by atoms with Crippen LogP contribution in [0.1, 0.15) is 95.1 Å². The summed E-state index contributed by atoms with van der Waals surface area (Å²) in [5.41, 5.74) is 2.10. The molecule has 0 aromatic heterocycles. The third kappa shape index (κ3) is 4.21. The lowest BCUT2D eigenvalue weighted by molar-refractivity contribution is 0.156. The maximum atomic E-state index is 14.1. The average molecular weight is 331 g/mol. The van der Waals surface area contributed by atoms with Crippen LogP contribution in [0.3, 0.4) is 0 Å². The van der Waals surface area contributed by atoms with Gasteiger partial charge in [-0.3, -0.25) is 0 Å². The molecule has 3 rings (SSSR count). The summed E-state index contributed by atoms with van der Waals surface area (Å²) in [6, 6.07) is 6.01. The Morgan fingerprint density at radius 1 is 0.875 bits per heavy atom. The van der Waals surface area contributed by atoms with E-state index in [1.807, 2.05) is 19.1 Å². The van der Waals surface area contributed by atoms with Gasteiger partial charge in [0.2, 0.25) is 0 Å². The van der Waals surface area contributed by atoms with Gasteiger partial charge >= 0.3 is 0 Å². The number of aryl methyl sites for hydroxylation is 1. The molecule has 134 valence electrons. The van der Waals surface area contributed by atoms with Gasteiger partial charge in [0.15, 0.2) is 0 Å². The number of halogens is 1. The van der Waals surface area contributed by atoms with Gasteiger partial charge in [-0.2, -0.15) is 0 Å². The maximum Gasteiger partial charge on any atom is 0.126 e. The van der Waals surface area contributed by atoms with Crippen LogP contribution in [0, 0.1) is 23.6 Å². The minimum Gasteiger partial charge on any atom is -0.207 e. The van der Waals surface area contributed by atoms with E-state index in [-0.39, 0.29) is 5.82 Å². The third-order valence-electron chi connectivity index (χ3n) is 6.96. The van der Waals surface area contributed by atoms with Gasteiger partial charge < -0.3 is 0 Å². The fourth-order valence-corrected chi connectivity index (χ4v) is 5.38. The van der Waals surface area contributed by atoms with Gasteiger partial charge in [-0.25, -0.2) is 4.39 Å². The van der Waals surface area contributed by atoms with Crippen LogP contribution in [-0.4, -0.2) is 0 Å². The monoisotopic (exact) mass is 330 g/mol. The standard InChI is InChI=1S/C23H35F/c1-3-5-17-6-8-19(9-7-17)20-11-13-21(14-12-20)22-15-10-18(4-2)23(24)16-22/h10,15-17,19-21H,3-9,11-14H2,1-2H3/t17-,19-,20?,21?. The fourth-order valence-electron chi connectivity index (χ4n) is 5.38. The van der Waals surface area contributed by atoms with Crippen molar-refractivity contribution in [2.45, 2.75) is 90.4 Å². The van der Waals surface area contributed by atoms with Crippen LogP contribution in [0.4, 0.5) is 4.39 Å². The van der Waals surface area contributed by atoms with Gasteiger partial charge in [-0.15, -0.1) is 0 Å². The lowest BCUT2D eigenvalue weighted by Crippen LogP contribution is -2.25. The SMILES string of the molecule is CCC[C@H]1CC[C@H](C2CCC(c3ccc(CC)c(F)c3)CC2)CC1. The quantitative estimate of drug-likeness (QED) is 0.532. The molecule has 0 bridgehead atoms. The first-order valence-corrected chi connectivity index (χ1v) is 10.5. The topological polar surface area (TPSA) is 0 Å². The van der Waals surface area contributed by atoms with Crippen molar-refractivity contribution in [3.05, 3.63) is 35.1 Å². The van der Waals surface area contributed by atoms with Crippen molar-refractivity contribution in [1.29, 1.82) is 0 Å². The Hall–Kier alpha value is -0.850. The van der Waals surface area contributed by atoms with Crippen LogP contribution < -0.4 is 0 Å². The summed E-state index contributed by atoms with van der Waals surface area (Å²) in [5, 5.41) is 0. The summed E-state index contributed by atoms with van der Waals surface area (Å²) in [6.07, 6.45) is 14.8. The molecule has 0 unspecified atom stereocenters. The fraction of sp³-hybridized carbons (Fsp3) is 0.739. The number of hydrogen-bond donors (Lipinski definition) is 0. The molecule has 0 aliphatic heterocycles. The lowest BCUT2D eigenvalue weighted by Gasteiger charge is -2.38. The molecule has 24 heavy (non-hydrogen) atoms. The van der Waals surface area contributed by atoms with Crippen LogP contribution in [0.15, 0.2) is 18.2 Å². The Morgan fingerprint density at radius 2 is 1.50 bits per heavy atom. The second-order valence-corrected chi connectivity index (χ2v) is 8.39. The summed E-state index contributed by atoms with van der Waals surface area (Å²) in [7, 11) is 0. The largest absolute Gasteiger partial charge is 0.207 e. The molecule has 1 heteroatoms. The Balaban J connectivity index is 1.50. The Bertz CT molecular complexity index is 505. The molecule has 0 spiro atoms. The summed E-state index contributed by atoms with van der Waals surface area (Å²) >= 11 is 0. The molecule has 0 heterocycles. The van der Waals surface area contributed by atoms with Crippen molar-refractivity contribution in [3.8, 4) is 0 Å². The zero-order valence-corrected chi connectivity index (χ0v) is 15.7. The van der Waals surface area contributed by atoms with E-state index in [1.165, 1.54) is 69.8 Å². The van der Waals surface area contributed by atoms with Crippen molar-refractivity contribution < 1.29 is 4.39 Å². The zero-order valence-electron chi connectivity index (χ0n) is 15.7. The molecule has 2 saturated carbocycles. The molecule has 0 radical (unpaired) electrons. The van der Waals surface area contributed by atoms with Crippen LogP contribution in [-0.2, 0) is 6.42 Å². The normalized spacial score (nSPS) is 31.1. The maximum absolute atomic E-state index is 14.1. The van der Waals surface area contributed by atoms with E-state index in [0.717, 1.165) is 29.7 Å². The molecule has 2 aliphatic carbocycles. The predicted octanol–water partition coefficient (Wildman–Crippen LogP) is 7.27. The van der Waals surface area contributed by atoms with E-state index in [9.17, 15) is 4.39 Å². The van der Waals surface area contributed by atoms with Crippen LogP contribution in [0.25, 0.3) is 0 Å². The Kier molecular flexibility index (Phi) is 6.36. The molecule has 0 N–H and O–H groups in total. The Labute approximate surface area is 148 Å². The first-order chi connectivity index (χ1) is 11.7. The molecule has 0 saturated heterocycles. The second-order valence-electron chi connectivity index (χ2n) is 8.39. The molecule has 0 nitrogen and oxygen atoms in total. The molecule has 2 fully saturated rings. The first-order valence-electron chi connectivity index (χ1n) is 10.5. The van der Waals surface area contributed by atoms with Gasteiger partial charge in [-0.05, 0) is 85.8 Å². The highest BCUT2D eigenvalue weighted by Crippen LogP contribution is 2.44. The molecular weight excluding hydrogens is 295 g/mol. The molecule has 1 aromatic carbocycles. The van der Waals surface area contributed by atoms with Gasteiger partial charge in [0, 0.05) is 0 Å². The van der Waals surface area contributed by atoms with E-state index in [4.69, 9.17) is 0 Å². The molecular formula is C23H35F. The molecule has 0 atom stereocenters. The van der Waals surface area contributed by atoms with Crippen LogP contribution >= 0.6 is 0 Å². The molecule has 1 aromatic rings. The van der Waals surface area contributed by atoms with Crippen molar-refractivity contribution in [2.75, 3.05) is 0 Å². The van der Waals surface area contributed by atoms with Gasteiger partial charge in [0.25, 0.3) is 0 Å². The highest BCUT2D eigenvalue weighted by molar-refractivity contribution is 5.27. The first kappa shape index (κ1) is 18.0. The molecule has 2 aliphatic rings. The zero-order chi connectivity index (χ0) is 16.9. The summed E-state index contributed by atoms with van der Waals surface area (Å²) < 4.78 is 14.1. The van der Waals surface area contributed by atoms with E-state index in [1.54, 1.807) is 0 Å². The number of rotatable bonds is 5.